The number of hydrogen-bond acceptors (Lipinski definition) is 4. The quantitative estimate of drug-likeness (QED) is 0.875. The summed E-state index contributed by atoms with van der Waals surface area (Å²) >= 11 is 0. The van der Waals surface area contributed by atoms with E-state index in [1.807, 2.05) is 0 Å². The Morgan fingerprint density at radius 1 is 1.33 bits per heavy atom. The Morgan fingerprint density at radius 3 is 2.57 bits per heavy atom. The zero-order chi connectivity index (χ0) is 15.0. The fourth-order valence-electron chi connectivity index (χ4n) is 2.06. The second kappa shape index (κ2) is 4.88. The number of anilines is 1. The van der Waals surface area contributed by atoms with Crippen molar-refractivity contribution in [1.82, 2.24) is 9.55 Å². The van der Waals surface area contributed by atoms with Gasteiger partial charge in [-0.3, -0.25) is 9.71 Å². The first-order valence-corrected chi connectivity index (χ1v) is 7.84. The molecule has 8 heteroatoms. The summed E-state index contributed by atoms with van der Waals surface area (Å²) in [6.07, 6.45) is 6.05. The van der Waals surface area contributed by atoms with Gasteiger partial charge in [-0.1, -0.05) is 0 Å². The second-order valence-corrected chi connectivity index (χ2v) is 6.53. The highest BCUT2D eigenvalue weighted by Gasteiger charge is 2.30. The number of nitrogens with one attached hydrogen (secondary N) is 1. The summed E-state index contributed by atoms with van der Waals surface area (Å²) in [5, 5.41) is 9.17. The molecular formula is C13H13N3O4S. The number of pyridine rings is 1. The van der Waals surface area contributed by atoms with E-state index in [4.69, 9.17) is 5.11 Å². The maximum Gasteiger partial charge on any atom is 0.352 e. The van der Waals surface area contributed by atoms with Crippen LogP contribution < -0.4 is 4.72 Å². The number of carbonyl (C=O) groups is 1. The lowest BCUT2D eigenvalue weighted by Gasteiger charge is -2.05. The largest absolute Gasteiger partial charge is 0.477 e. The SMILES string of the molecule is O=C(O)c1cc(S(=O)(=O)Nc2ccncc2)cn1C1CC1. The third kappa shape index (κ3) is 2.75. The van der Waals surface area contributed by atoms with Crippen LogP contribution >= 0.6 is 0 Å². The predicted molar refractivity (Wildman–Crippen MR) is 74.7 cm³/mol. The lowest BCUT2D eigenvalue weighted by molar-refractivity contribution is 0.0685. The van der Waals surface area contributed by atoms with Gasteiger partial charge in [-0.05, 0) is 31.0 Å². The Bertz CT molecular complexity index is 779. The molecule has 0 spiro atoms. The standard InChI is InChI=1S/C13H13N3O4S/c17-13(18)12-7-11(8-16(12)10-1-2-10)21(19,20)15-9-3-5-14-6-4-9/h3-8,10H,1-2H2,(H,14,15)(H,17,18). The van der Waals surface area contributed by atoms with Gasteiger partial charge in [0.1, 0.15) is 10.6 Å². The first kappa shape index (κ1) is 13.6. The van der Waals surface area contributed by atoms with Crippen molar-refractivity contribution in [3.05, 3.63) is 42.5 Å². The predicted octanol–water partition coefficient (Wildman–Crippen LogP) is 1.72. The average molecular weight is 307 g/mol. The van der Waals surface area contributed by atoms with Gasteiger partial charge < -0.3 is 9.67 Å². The molecule has 110 valence electrons. The number of hydrogen-bond donors (Lipinski definition) is 2. The molecule has 0 aliphatic heterocycles. The van der Waals surface area contributed by atoms with Gasteiger partial charge in [0.05, 0.1) is 5.69 Å². The molecule has 2 aromatic rings. The molecule has 7 nitrogen and oxygen atoms in total. The Balaban J connectivity index is 1.95. The van der Waals surface area contributed by atoms with Gasteiger partial charge in [-0.2, -0.15) is 0 Å². The third-order valence-corrected chi connectivity index (χ3v) is 4.57. The number of nitrogens with zero attached hydrogens (tertiary/aromatic N) is 2. The van der Waals surface area contributed by atoms with E-state index in [9.17, 15) is 13.2 Å². The molecule has 0 radical (unpaired) electrons. The summed E-state index contributed by atoms with van der Waals surface area (Å²) in [5.41, 5.74) is 0.369. The van der Waals surface area contributed by atoms with Crippen LogP contribution in [0.2, 0.25) is 0 Å². The topological polar surface area (TPSA) is 101 Å². The van der Waals surface area contributed by atoms with Crippen molar-refractivity contribution < 1.29 is 18.3 Å². The molecule has 2 N–H and O–H groups in total. The van der Waals surface area contributed by atoms with E-state index in [-0.39, 0.29) is 16.6 Å². The molecule has 1 saturated carbocycles. The summed E-state index contributed by atoms with van der Waals surface area (Å²) < 4.78 is 28.5. The highest BCUT2D eigenvalue weighted by Crippen LogP contribution is 2.37. The molecule has 0 unspecified atom stereocenters. The van der Waals surface area contributed by atoms with E-state index in [1.165, 1.54) is 41.4 Å². The molecule has 0 aromatic carbocycles. The van der Waals surface area contributed by atoms with Gasteiger partial charge in [-0.25, -0.2) is 13.2 Å². The van der Waals surface area contributed by atoms with E-state index in [0.717, 1.165) is 12.8 Å². The number of aromatic carboxylic acids is 1. The number of aromatic nitrogens is 2. The van der Waals surface area contributed by atoms with Gasteiger partial charge in [0.25, 0.3) is 10.0 Å². The van der Waals surface area contributed by atoms with Crippen molar-refractivity contribution in [3.63, 3.8) is 0 Å². The first-order chi connectivity index (χ1) is 9.97. The van der Waals surface area contributed by atoms with E-state index < -0.39 is 16.0 Å². The minimum atomic E-state index is -3.82. The lowest BCUT2D eigenvalue weighted by atomic mass is 10.4. The molecule has 2 aromatic heterocycles. The maximum atomic E-state index is 12.3. The van der Waals surface area contributed by atoms with Gasteiger partial charge >= 0.3 is 5.97 Å². The van der Waals surface area contributed by atoms with E-state index in [1.54, 1.807) is 0 Å². The summed E-state index contributed by atoms with van der Waals surface area (Å²) in [7, 11) is -3.82. The van der Waals surface area contributed by atoms with Crippen LogP contribution in [0.5, 0.6) is 0 Å². The molecule has 0 atom stereocenters. The zero-order valence-corrected chi connectivity index (χ0v) is 11.7. The van der Waals surface area contributed by atoms with Crippen LogP contribution in [0.3, 0.4) is 0 Å². The lowest BCUT2D eigenvalue weighted by Crippen LogP contribution is -2.12. The fraction of sp³-hybridized carbons (Fsp3) is 0.231. The van der Waals surface area contributed by atoms with Crippen LogP contribution in [-0.2, 0) is 10.0 Å². The van der Waals surface area contributed by atoms with Crippen molar-refractivity contribution in [1.29, 1.82) is 0 Å². The number of rotatable bonds is 5. The van der Waals surface area contributed by atoms with Crippen LogP contribution in [0.25, 0.3) is 0 Å². The van der Waals surface area contributed by atoms with E-state index in [2.05, 4.69) is 9.71 Å². The zero-order valence-electron chi connectivity index (χ0n) is 10.9. The van der Waals surface area contributed by atoms with Gasteiger partial charge in [0, 0.05) is 24.6 Å². The first-order valence-electron chi connectivity index (χ1n) is 6.35. The van der Waals surface area contributed by atoms with E-state index >= 15 is 0 Å². The highest BCUT2D eigenvalue weighted by molar-refractivity contribution is 7.92. The Kier molecular flexibility index (Phi) is 3.17. The van der Waals surface area contributed by atoms with Gasteiger partial charge in [-0.15, -0.1) is 0 Å². The van der Waals surface area contributed by atoms with Gasteiger partial charge in [0.15, 0.2) is 0 Å². The van der Waals surface area contributed by atoms with Gasteiger partial charge in [0.2, 0.25) is 0 Å². The van der Waals surface area contributed by atoms with Crippen molar-refractivity contribution in [2.24, 2.45) is 0 Å². The molecular weight excluding hydrogens is 294 g/mol. The normalized spacial score (nSPS) is 14.9. The molecule has 1 aliphatic rings. The third-order valence-electron chi connectivity index (χ3n) is 3.23. The van der Waals surface area contributed by atoms with Crippen LogP contribution in [0, 0.1) is 0 Å². The second-order valence-electron chi connectivity index (χ2n) is 4.85. The summed E-state index contributed by atoms with van der Waals surface area (Å²) in [6, 6.07) is 4.31. The molecule has 0 amide bonds. The highest BCUT2D eigenvalue weighted by atomic mass is 32.2. The molecule has 2 heterocycles. The van der Waals surface area contributed by atoms with Crippen LogP contribution in [0.15, 0.2) is 41.7 Å². The maximum absolute atomic E-state index is 12.3. The molecule has 0 bridgehead atoms. The van der Waals surface area contributed by atoms with Crippen molar-refractivity contribution in [3.8, 4) is 0 Å². The van der Waals surface area contributed by atoms with Crippen molar-refractivity contribution in [2.45, 2.75) is 23.8 Å². The molecule has 3 rings (SSSR count). The molecule has 1 fully saturated rings. The Morgan fingerprint density at radius 2 is 2.00 bits per heavy atom. The van der Waals surface area contributed by atoms with Crippen molar-refractivity contribution >= 4 is 21.7 Å². The van der Waals surface area contributed by atoms with E-state index in [0.29, 0.717) is 5.69 Å². The Hall–Kier alpha value is -2.35. The number of carboxylic acid groups (broad SMARTS) is 1. The molecule has 21 heavy (non-hydrogen) atoms. The average Bonchev–Trinajstić information content (AvgIpc) is 3.17. The molecule has 1 aliphatic carbocycles. The summed E-state index contributed by atoms with van der Waals surface area (Å²) in [6.45, 7) is 0. The monoisotopic (exact) mass is 307 g/mol. The summed E-state index contributed by atoms with van der Waals surface area (Å²) in [5.74, 6) is -1.13. The van der Waals surface area contributed by atoms with Crippen LogP contribution in [-0.4, -0.2) is 29.0 Å². The van der Waals surface area contributed by atoms with Crippen molar-refractivity contribution in [2.75, 3.05) is 4.72 Å². The summed E-state index contributed by atoms with van der Waals surface area (Å²) in [4.78, 5) is 15.0. The number of sulfonamides is 1. The van der Waals surface area contributed by atoms with Crippen LogP contribution in [0.1, 0.15) is 29.4 Å². The Labute approximate surface area is 121 Å². The fourth-order valence-corrected chi connectivity index (χ4v) is 3.14. The molecule has 0 saturated heterocycles. The minimum absolute atomic E-state index is 0.00685. The van der Waals surface area contributed by atoms with Crippen LogP contribution in [0.4, 0.5) is 5.69 Å². The smallest absolute Gasteiger partial charge is 0.352 e. The minimum Gasteiger partial charge on any atom is -0.477 e. The number of carboxylic acids is 1.